The third-order valence-electron chi connectivity index (χ3n) is 6.24. The minimum atomic E-state index is -0.692. The summed E-state index contributed by atoms with van der Waals surface area (Å²) in [5, 5.41) is 9.95. The van der Waals surface area contributed by atoms with Crippen LogP contribution in [0.4, 0.5) is 4.79 Å². The number of rotatable bonds is 6. The van der Waals surface area contributed by atoms with Gasteiger partial charge in [0.15, 0.2) is 0 Å². The molecule has 0 aromatic carbocycles. The summed E-state index contributed by atoms with van der Waals surface area (Å²) in [5.41, 5.74) is 5.32. The summed E-state index contributed by atoms with van der Waals surface area (Å²) in [4.78, 5) is 24.2. The van der Waals surface area contributed by atoms with Crippen molar-refractivity contribution in [3.05, 3.63) is 11.8 Å². The normalized spacial score (nSPS) is 33.9. The standard InChI is InChI=1S/C19H28N4O4/c1-10(2)9-26-17-14(8-21-23-17)16(24)22-15-12-3-11-4-13(15)7-19(5-11,6-12)27-18(20)25/h8,10-13,15H,3-7,9H2,1-2H3,(H2,20,25)(H,21,23)(H,22,24). The summed E-state index contributed by atoms with van der Waals surface area (Å²) < 4.78 is 11.2. The van der Waals surface area contributed by atoms with Gasteiger partial charge in [0.05, 0.1) is 12.8 Å². The highest BCUT2D eigenvalue weighted by atomic mass is 16.6. The van der Waals surface area contributed by atoms with E-state index in [1.165, 1.54) is 6.20 Å². The van der Waals surface area contributed by atoms with Crippen molar-refractivity contribution in [1.29, 1.82) is 0 Å². The molecule has 0 radical (unpaired) electrons. The zero-order valence-corrected chi connectivity index (χ0v) is 15.9. The lowest BCUT2D eigenvalue weighted by Gasteiger charge is -2.58. The van der Waals surface area contributed by atoms with Crippen LogP contribution in [-0.2, 0) is 4.74 Å². The fourth-order valence-corrected chi connectivity index (χ4v) is 5.55. The quantitative estimate of drug-likeness (QED) is 0.703. The molecule has 4 N–H and O–H groups in total. The van der Waals surface area contributed by atoms with E-state index in [0.717, 1.165) is 32.1 Å². The topological polar surface area (TPSA) is 119 Å². The van der Waals surface area contributed by atoms with Crippen LogP contribution < -0.4 is 15.8 Å². The molecule has 2 unspecified atom stereocenters. The summed E-state index contributed by atoms with van der Waals surface area (Å²) in [6.45, 7) is 4.62. The van der Waals surface area contributed by atoms with Crippen molar-refractivity contribution in [1.82, 2.24) is 15.5 Å². The summed E-state index contributed by atoms with van der Waals surface area (Å²) >= 11 is 0. The van der Waals surface area contributed by atoms with Crippen LogP contribution in [0.5, 0.6) is 5.88 Å². The van der Waals surface area contributed by atoms with Crippen LogP contribution >= 0.6 is 0 Å². The molecule has 1 aromatic rings. The summed E-state index contributed by atoms with van der Waals surface area (Å²) in [6, 6.07) is 0.0894. The van der Waals surface area contributed by atoms with E-state index in [1.807, 2.05) is 0 Å². The van der Waals surface area contributed by atoms with E-state index in [4.69, 9.17) is 15.2 Å². The molecule has 4 aliphatic carbocycles. The Hall–Kier alpha value is -2.25. The minimum absolute atomic E-state index is 0.0894. The second kappa shape index (κ2) is 6.73. The molecule has 1 aromatic heterocycles. The maximum absolute atomic E-state index is 12.9. The maximum Gasteiger partial charge on any atom is 0.405 e. The molecule has 4 saturated carbocycles. The molecule has 0 aliphatic heterocycles. The Kier molecular flexibility index (Phi) is 4.52. The first-order chi connectivity index (χ1) is 12.8. The monoisotopic (exact) mass is 376 g/mol. The van der Waals surface area contributed by atoms with Gasteiger partial charge >= 0.3 is 6.09 Å². The van der Waals surface area contributed by atoms with Crippen molar-refractivity contribution in [2.75, 3.05) is 6.61 Å². The van der Waals surface area contributed by atoms with E-state index in [2.05, 4.69) is 29.4 Å². The Bertz CT molecular complexity index is 715. The number of hydrogen-bond donors (Lipinski definition) is 3. The van der Waals surface area contributed by atoms with Crippen LogP contribution in [0.3, 0.4) is 0 Å². The highest BCUT2D eigenvalue weighted by Gasteiger charge is 2.57. The number of carbonyl (C=O) groups is 2. The van der Waals surface area contributed by atoms with E-state index in [1.54, 1.807) is 0 Å². The van der Waals surface area contributed by atoms with Gasteiger partial charge in [0.2, 0.25) is 5.88 Å². The Labute approximate surface area is 158 Å². The Morgan fingerprint density at radius 1 is 1.33 bits per heavy atom. The molecule has 27 heavy (non-hydrogen) atoms. The highest BCUT2D eigenvalue weighted by Crippen LogP contribution is 2.57. The number of nitrogens with two attached hydrogens (primary N) is 1. The SMILES string of the molecule is CC(C)COc1[nH]ncc1C(=O)NC1C2CC3CC1CC(OC(N)=O)(C3)C2. The summed E-state index contributed by atoms with van der Waals surface area (Å²) in [5.74, 6) is 1.78. The zero-order valence-electron chi connectivity index (χ0n) is 15.9. The molecule has 2 atom stereocenters. The predicted molar refractivity (Wildman–Crippen MR) is 97.1 cm³/mol. The van der Waals surface area contributed by atoms with Crippen LogP contribution in [0, 0.1) is 23.7 Å². The average Bonchev–Trinajstić information content (AvgIpc) is 3.03. The number of nitrogens with one attached hydrogen (secondary N) is 2. The van der Waals surface area contributed by atoms with Gasteiger partial charge in [0, 0.05) is 6.04 Å². The van der Waals surface area contributed by atoms with Gasteiger partial charge in [0.25, 0.3) is 5.91 Å². The van der Waals surface area contributed by atoms with Crippen molar-refractivity contribution in [3.8, 4) is 5.88 Å². The molecule has 4 bridgehead atoms. The third kappa shape index (κ3) is 3.49. The molecule has 1 heterocycles. The van der Waals surface area contributed by atoms with Crippen molar-refractivity contribution >= 4 is 12.0 Å². The van der Waals surface area contributed by atoms with Crippen molar-refractivity contribution in [3.63, 3.8) is 0 Å². The smallest absolute Gasteiger partial charge is 0.405 e. The molecule has 8 heteroatoms. The minimum Gasteiger partial charge on any atom is -0.477 e. The fraction of sp³-hybridized carbons (Fsp3) is 0.737. The van der Waals surface area contributed by atoms with Crippen molar-refractivity contribution in [2.24, 2.45) is 29.4 Å². The number of hydrogen-bond acceptors (Lipinski definition) is 5. The number of amides is 2. The molecule has 2 amide bonds. The van der Waals surface area contributed by atoms with Crippen LogP contribution in [0.2, 0.25) is 0 Å². The Morgan fingerprint density at radius 2 is 2.04 bits per heavy atom. The molecule has 4 fully saturated rings. The third-order valence-corrected chi connectivity index (χ3v) is 6.24. The molecular formula is C19H28N4O4. The summed E-state index contributed by atoms with van der Waals surface area (Å²) in [7, 11) is 0. The van der Waals surface area contributed by atoms with E-state index in [9.17, 15) is 9.59 Å². The van der Waals surface area contributed by atoms with Crippen molar-refractivity contribution in [2.45, 2.75) is 57.6 Å². The fourth-order valence-electron chi connectivity index (χ4n) is 5.55. The first kappa shape index (κ1) is 18.1. The van der Waals surface area contributed by atoms with Crippen LogP contribution in [-0.4, -0.2) is 40.4 Å². The van der Waals surface area contributed by atoms with E-state index < -0.39 is 11.7 Å². The van der Waals surface area contributed by atoms with Gasteiger partial charge in [-0.15, -0.1) is 0 Å². The molecule has 8 nitrogen and oxygen atoms in total. The Morgan fingerprint density at radius 3 is 2.67 bits per heavy atom. The highest BCUT2D eigenvalue weighted by molar-refractivity contribution is 5.96. The second-order valence-corrected chi connectivity index (χ2v) is 8.89. The number of H-pyrrole nitrogens is 1. The van der Waals surface area contributed by atoms with Gasteiger partial charge in [0.1, 0.15) is 11.2 Å². The second-order valence-electron chi connectivity index (χ2n) is 8.89. The Balaban J connectivity index is 1.45. The van der Waals surface area contributed by atoms with Gasteiger partial charge in [-0.2, -0.15) is 5.10 Å². The first-order valence-electron chi connectivity index (χ1n) is 9.81. The van der Waals surface area contributed by atoms with Crippen molar-refractivity contribution < 1.29 is 19.1 Å². The lowest BCUT2D eigenvalue weighted by molar-refractivity contribution is -0.137. The molecule has 0 spiro atoms. The van der Waals surface area contributed by atoms with E-state index in [-0.39, 0.29) is 11.9 Å². The number of aromatic nitrogens is 2. The molecular weight excluding hydrogens is 348 g/mol. The van der Waals surface area contributed by atoms with Gasteiger partial charge in [-0.3, -0.25) is 4.79 Å². The number of nitrogens with zero attached hydrogens (tertiary/aromatic N) is 1. The first-order valence-corrected chi connectivity index (χ1v) is 9.81. The van der Waals surface area contributed by atoms with Gasteiger partial charge < -0.3 is 20.5 Å². The summed E-state index contributed by atoms with van der Waals surface area (Å²) in [6.07, 6.45) is 5.40. The lowest BCUT2D eigenvalue weighted by atomic mass is 9.52. The van der Waals surface area contributed by atoms with E-state index >= 15 is 0 Å². The molecule has 5 rings (SSSR count). The average molecular weight is 376 g/mol. The van der Waals surface area contributed by atoms with E-state index in [0.29, 0.717) is 41.7 Å². The number of aromatic amines is 1. The van der Waals surface area contributed by atoms with Gasteiger partial charge in [-0.25, -0.2) is 9.89 Å². The van der Waals surface area contributed by atoms with Crippen LogP contribution in [0.15, 0.2) is 6.20 Å². The zero-order chi connectivity index (χ0) is 19.2. The van der Waals surface area contributed by atoms with Crippen LogP contribution in [0.25, 0.3) is 0 Å². The lowest BCUT2D eigenvalue weighted by Crippen LogP contribution is -2.63. The van der Waals surface area contributed by atoms with Gasteiger partial charge in [-0.05, 0) is 55.8 Å². The number of primary amides is 1. The molecule has 148 valence electrons. The maximum atomic E-state index is 12.9. The predicted octanol–water partition coefficient (Wildman–Crippen LogP) is 2.22. The number of ether oxygens (including phenoxy) is 2. The number of carbonyl (C=O) groups excluding carboxylic acids is 2. The molecule has 0 saturated heterocycles. The van der Waals surface area contributed by atoms with Crippen LogP contribution in [0.1, 0.15) is 56.3 Å². The van der Waals surface area contributed by atoms with Gasteiger partial charge in [-0.1, -0.05) is 13.8 Å². The largest absolute Gasteiger partial charge is 0.477 e. The molecule has 4 aliphatic rings.